The number of hydrazone groups is 1. The zero-order valence-electron chi connectivity index (χ0n) is 16.8. The third-order valence-corrected chi connectivity index (χ3v) is 5.23. The van der Waals surface area contributed by atoms with Gasteiger partial charge in [0.1, 0.15) is 0 Å². The van der Waals surface area contributed by atoms with Crippen molar-refractivity contribution in [3.63, 3.8) is 0 Å². The third-order valence-electron chi connectivity index (χ3n) is 4.97. The van der Waals surface area contributed by atoms with Gasteiger partial charge in [-0.3, -0.25) is 24.7 Å². The largest absolute Gasteiger partial charge is 0.297 e. The van der Waals surface area contributed by atoms with Gasteiger partial charge in [0.25, 0.3) is 11.6 Å². The maximum atomic E-state index is 12.2. The number of halogens is 1. The molecule has 0 spiro atoms. The van der Waals surface area contributed by atoms with Gasteiger partial charge in [-0.2, -0.15) is 5.10 Å². The van der Waals surface area contributed by atoms with Crippen molar-refractivity contribution in [3.05, 3.63) is 74.8 Å². The topological polar surface area (TPSA) is 91.1 Å². The second-order valence-electron chi connectivity index (χ2n) is 7.22. The molecule has 1 saturated heterocycles. The molecule has 158 valence electrons. The predicted molar refractivity (Wildman–Crippen MR) is 117 cm³/mol. The van der Waals surface area contributed by atoms with Crippen molar-refractivity contribution in [2.24, 2.45) is 5.10 Å². The lowest BCUT2D eigenvalue weighted by Gasteiger charge is -2.34. The van der Waals surface area contributed by atoms with E-state index < -0.39 is 4.92 Å². The minimum Gasteiger partial charge on any atom is -0.297 e. The van der Waals surface area contributed by atoms with Gasteiger partial charge < -0.3 is 0 Å². The maximum Gasteiger partial charge on any atom is 0.270 e. The number of hydrogen-bond donors (Lipinski definition) is 1. The van der Waals surface area contributed by atoms with E-state index in [1.165, 1.54) is 17.7 Å². The first kappa shape index (κ1) is 21.9. The number of non-ortho nitro benzene ring substituents is 1. The number of carbonyl (C=O) groups excluding carboxylic acids is 1. The monoisotopic (exact) mass is 429 g/mol. The highest BCUT2D eigenvalue weighted by molar-refractivity contribution is 6.30. The van der Waals surface area contributed by atoms with Crippen molar-refractivity contribution in [3.8, 4) is 0 Å². The van der Waals surface area contributed by atoms with Gasteiger partial charge in [-0.15, -0.1) is 0 Å². The van der Waals surface area contributed by atoms with Crippen molar-refractivity contribution in [2.75, 3.05) is 32.7 Å². The standard InChI is InChI=1S/C21H24ClN5O3/c1-16(18-3-2-4-20(13-18)27(29)30)23-24-21(28)15-26-11-9-25(10-12-26)14-17-5-7-19(22)8-6-17/h2-8,13H,9-12,14-15H2,1H3,(H,24,28)/b23-16-. The Balaban J connectivity index is 1.44. The van der Waals surface area contributed by atoms with Crippen molar-refractivity contribution in [1.29, 1.82) is 0 Å². The molecule has 9 heteroatoms. The Morgan fingerprint density at radius 1 is 1.13 bits per heavy atom. The van der Waals surface area contributed by atoms with Crippen LogP contribution in [0.5, 0.6) is 0 Å². The van der Waals surface area contributed by atoms with Crippen molar-refractivity contribution < 1.29 is 9.72 Å². The highest BCUT2D eigenvalue weighted by Gasteiger charge is 2.19. The summed E-state index contributed by atoms with van der Waals surface area (Å²) in [5, 5.41) is 15.7. The van der Waals surface area contributed by atoms with E-state index in [1.807, 2.05) is 24.3 Å². The van der Waals surface area contributed by atoms with Gasteiger partial charge >= 0.3 is 0 Å². The van der Waals surface area contributed by atoms with E-state index in [1.54, 1.807) is 19.1 Å². The van der Waals surface area contributed by atoms with Crippen molar-refractivity contribution in [1.82, 2.24) is 15.2 Å². The van der Waals surface area contributed by atoms with Crippen LogP contribution < -0.4 is 5.43 Å². The van der Waals surface area contributed by atoms with Crippen molar-refractivity contribution in [2.45, 2.75) is 13.5 Å². The Morgan fingerprint density at radius 2 is 1.80 bits per heavy atom. The van der Waals surface area contributed by atoms with Crippen LogP contribution in [0.15, 0.2) is 53.6 Å². The molecule has 0 saturated carbocycles. The van der Waals surface area contributed by atoms with Crippen LogP contribution in [0.3, 0.4) is 0 Å². The third kappa shape index (κ3) is 6.35. The van der Waals surface area contributed by atoms with Gasteiger partial charge in [0.05, 0.1) is 17.2 Å². The molecule has 0 bridgehead atoms. The zero-order valence-corrected chi connectivity index (χ0v) is 17.5. The summed E-state index contributed by atoms with van der Waals surface area (Å²) in [5.74, 6) is -0.203. The molecule has 2 aromatic rings. The van der Waals surface area contributed by atoms with Gasteiger partial charge in [0.2, 0.25) is 0 Å². The average Bonchev–Trinajstić information content (AvgIpc) is 2.75. The predicted octanol–water partition coefficient (Wildman–Crippen LogP) is 2.91. The first-order valence-corrected chi connectivity index (χ1v) is 10.1. The lowest BCUT2D eigenvalue weighted by molar-refractivity contribution is -0.384. The number of nitro benzene ring substituents is 1. The summed E-state index contributed by atoms with van der Waals surface area (Å²) in [6.07, 6.45) is 0. The lowest BCUT2D eigenvalue weighted by Crippen LogP contribution is -2.48. The molecule has 8 nitrogen and oxygen atoms in total. The number of nitrogens with zero attached hydrogens (tertiary/aromatic N) is 4. The van der Waals surface area contributed by atoms with Gasteiger partial charge in [-0.25, -0.2) is 5.43 Å². The Bertz CT molecular complexity index is 924. The molecule has 0 unspecified atom stereocenters. The molecule has 0 atom stereocenters. The number of rotatable bonds is 7. The Hall–Kier alpha value is -2.81. The second kappa shape index (κ2) is 10.3. The van der Waals surface area contributed by atoms with E-state index in [0.29, 0.717) is 11.3 Å². The quantitative estimate of drug-likeness (QED) is 0.415. The molecule has 30 heavy (non-hydrogen) atoms. The number of piperazine rings is 1. The van der Waals surface area contributed by atoms with Gasteiger partial charge in [-0.1, -0.05) is 35.9 Å². The first-order chi connectivity index (χ1) is 14.4. The van der Waals surface area contributed by atoms with E-state index in [0.717, 1.165) is 37.7 Å². The summed E-state index contributed by atoms with van der Waals surface area (Å²) in [5.41, 5.74) is 4.87. The molecule has 1 aliphatic rings. The molecule has 1 heterocycles. The summed E-state index contributed by atoms with van der Waals surface area (Å²) >= 11 is 5.93. The molecule has 1 N–H and O–H groups in total. The maximum absolute atomic E-state index is 12.2. The van der Waals surface area contributed by atoms with Crippen molar-refractivity contribution >= 4 is 28.9 Å². The molecule has 0 aromatic heterocycles. The number of nitrogens with one attached hydrogen (secondary N) is 1. The molecule has 1 fully saturated rings. The fourth-order valence-corrected chi connectivity index (χ4v) is 3.37. The molecular weight excluding hydrogens is 406 g/mol. The molecule has 1 aliphatic heterocycles. The van der Waals surface area contributed by atoms with E-state index in [4.69, 9.17) is 11.6 Å². The Labute approximate surface area is 180 Å². The number of nitro groups is 1. The van der Waals surface area contributed by atoms with Crippen LogP contribution in [0.1, 0.15) is 18.1 Å². The van der Waals surface area contributed by atoms with E-state index in [9.17, 15) is 14.9 Å². The van der Waals surface area contributed by atoms with E-state index >= 15 is 0 Å². The molecule has 1 amide bonds. The zero-order chi connectivity index (χ0) is 21.5. The number of hydrogen-bond acceptors (Lipinski definition) is 6. The van der Waals surface area contributed by atoms with Crippen LogP contribution in [-0.2, 0) is 11.3 Å². The highest BCUT2D eigenvalue weighted by Crippen LogP contribution is 2.14. The fourth-order valence-electron chi connectivity index (χ4n) is 3.25. The molecule has 0 aliphatic carbocycles. The van der Waals surface area contributed by atoms with Gasteiger partial charge in [0, 0.05) is 55.4 Å². The number of carbonyl (C=O) groups is 1. The van der Waals surface area contributed by atoms with Crippen LogP contribution in [0, 0.1) is 10.1 Å². The van der Waals surface area contributed by atoms with Crippen LogP contribution >= 0.6 is 11.6 Å². The smallest absolute Gasteiger partial charge is 0.270 e. The van der Waals surface area contributed by atoms with Gasteiger partial charge in [0.15, 0.2) is 0 Å². The first-order valence-electron chi connectivity index (χ1n) is 9.68. The number of benzene rings is 2. The molecular formula is C21H24ClN5O3. The average molecular weight is 430 g/mol. The Kier molecular flexibility index (Phi) is 7.51. The second-order valence-corrected chi connectivity index (χ2v) is 7.65. The molecule has 2 aromatic carbocycles. The summed E-state index contributed by atoms with van der Waals surface area (Å²) in [4.78, 5) is 27.1. The van der Waals surface area contributed by atoms with Crippen LogP contribution in [0.25, 0.3) is 0 Å². The van der Waals surface area contributed by atoms with Gasteiger partial charge in [-0.05, 0) is 24.6 Å². The minimum absolute atomic E-state index is 0.00940. The van der Waals surface area contributed by atoms with Crippen LogP contribution in [0.4, 0.5) is 5.69 Å². The normalized spacial score (nSPS) is 15.7. The van der Waals surface area contributed by atoms with Crippen LogP contribution in [0.2, 0.25) is 5.02 Å². The minimum atomic E-state index is -0.456. The number of amides is 1. The fraction of sp³-hybridized carbons (Fsp3) is 0.333. The summed E-state index contributed by atoms with van der Waals surface area (Å²) in [6, 6.07) is 14.0. The Morgan fingerprint density at radius 3 is 2.47 bits per heavy atom. The van der Waals surface area contributed by atoms with E-state index in [2.05, 4.69) is 20.3 Å². The molecule has 3 rings (SSSR count). The lowest BCUT2D eigenvalue weighted by atomic mass is 10.1. The SMILES string of the molecule is C/C(=N/NC(=O)CN1CCN(Cc2ccc(Cl)cc2)CC1)c1cccc([N+](=O)[O-])c1. The van der Waals surface area contributed by atoms with E-state index in [-0.39, 0.29) is 18.1 Å². The molecule has 0 radical (unpaired) electrons. The summed E-state index contributed by atoms with van der Waals surface area (Å²) in [6.45, 7) is 6.19. The summed E-state index contributed by atoms with van der Waals surface area (Å²) < 4.78 is 0. The highest BCUT2D eigenvalue weighted by atomic mass is 35.5. The summed E-state index contributed by atoms with van der Waals surface area (Å²) in [7, 11) is 0. The van der Waals surface area contributed by atoms with Crippen LogP contribution in [-0.4, -0.2) is 59.1 Å².